The van der Waals surface area contributed by atoms with Crippen LogP contribution in [0.3, 0.4) is 0 Å². The SMILES string of the molecule is COCCC(NC(=O)c1ccc(OCC2CCCCC2)cc1)C(=O)O. The van der Waals surface area contributed by atoms with Gasteiger partial charge in [0.25, 0.3) is 5.91 Å². The third kappa shape index (κ3) is 6.38. The molecule has 1 aliphatic rings. The minimum Gasteiger partial charge on any atom is -0.493 e. The number of methoxy groups -OCH3 is 1. The Morgan fingerprint density at radius 1 is 1.20 bits per heavy atom. The van der Waals surface area contributed by atoms with Crippen LogP contribution in [0.25, 0.3) is 0 Å². The maximum absolute atomic E-state index is 12.2. The lowest BCUT2D eigenvalue weighted by atomic mass is 9.90. The molecule has 2 N–H and O–H groups in total. The van der Waals surface area contributed by atoms with Crippen LogP contribution in [0, 0.1) is 5.92 Å². The maximum atomic E-state index is 12.2. The standard InChI is InChI=1S/C19H27NO5/c1-24-12-11-17(19(22)23)20-18(21)15-7-9-16(10-8-15)25-13-14-5-3-2-4-6-14/h7-10,14,17H,2-6,11-13H2,1H3,(H,20,21)(H,22,23). The summed E-state index contributed by atoms with van der Waals surface area (Å²) >= 11 is 0. The highest BCUT2D eigenvalue weighted by atomic mass is 16.5. The first-order valence-corrected chi connectivity index (χ1v) is 8.85. The van der Waals surface area contributed by atoms with Crippen molar-refractivity contribution in [1.29, 1.82) is 0 Å². The molecule has 6 heteroatoms. The minimum atomic E-state index is -1.07. The van der Waals surface area contributed by atoms with Crippen LogP contribution >= 0.6 is 0 Å². The van der Waals surface area contributed by atoms with E-state index in [-0.39, 0.29) is 13.0 Å². The van der Waals surface area contributed by atoms with Crippen molar-refractivity contribution < 1.29 is 24.2 Å². The highest BCUT2D eigenvalue weighted by Crippen LogP contribution is 2.24. The zero-order valence-electron chi connectivity index (χ0n) is 14.7. The van der Waals surface area contributed by atoms with E-state index in [1.807, 2.05) is 0 Å². The molecule has 2 rings (SSSR count). The van der Waals surface area contributed by atoms with Gasteiger partial charge in [-0.25, -0.2) is 4.79 Å². The Balaban J connectivity index is 1.85. The van der Waals surface area contributed by atoms with Gasteiger partial charge in [-0.2, -0.15) is 0 Å². The third-order valence-corrected chi connectivity index (χ3v) is 4.54. The van der Waals surface area contributed by atoms with E-state index in [1.165, 1.54) is 39.2 Å². The number of carbonyl (C=O) groups excluding carboxylic acids is 1. The number of aliphatic carboxylic acids is 1. The molecule has 1 saturated carbocycles. The van der Waals surface area contributed by atoms with Crippen molar-refractivity contribution in [3.63, 3.8) is 0 Å². The number of hydrogen-bond acceptors (Lipinski definition) is 4. The van der Waals surface area contributed by atoms with Gasteiger partial charge in [0.2, 0.25) is 0 Å². The number of ether oxygens (including phenoxy) is 2. The van der Waals surface area contributed by atoms with E-state index in [0.29, 0.717) is 18.1 Å². The Labute approximate surface area is 148 Å². The molecule has 0 aliphatic heterocycles. The first kappa shape index (κ1) is 19.2. The molecule has 1 unspecified atom stereocenters. The molecule has 0 aromatic heterocycles. The zero-order valence-corrected chi connectivity index (χ0v) is 14.7. The van der Waals surface area contributed by atoms with Gasteiger partial charge < -0.3 is 19.9 Å². The fourth-order valence-corrected chi connectivity index (χ4v) is 3.01. The highest BCUT2D eigenvalue weighted by Gasteiger charge is 2.20. The highest BCUT2D eigenvalue weighted by molar-refractivity contribution is 5.96. The molecule has 0 heterocycles. The molecule has 1 amide bonds. The summed E-state index contributed by atoms with van der Waals surface area (Å²) in [6.07, 6.45) is 6.54. The number of rotatable bonds is 9. The van der Waals surface area contributed by atoms with Gasteiger partial charge in [-0.1, -0.05) is 19.3 Å². The average molecular weight is 349 g/mol. The Bertz CT molecular complexity index is 551. The van der Waals surface area contributed by atoms with E-state index in [9.17, 15) is 9.59 Å². The molecule has 1 aliphatic carbocycles. The maximum Gasteiger partial charge on any atom is 0.326 e. The smallest absolute Gasteiger partial charge is 0.326 e. The van der Waals surface area contributed by atoms with Crippen molar-refractivity contribution in [2.75, 3.05) is 20.3 Å². The van der Waals surface area contributed by atoms with E-state index in [2.05, 4.69) is 5.32 Å². The van der Waals surface area contributed by atoms with Crippen molar-refractivity contribution >= 4 is 11.9 Å². The molecule has 0 saturated heterocycles. The van der Waals surface area contributed by atoms with Gasteiger partial charge in [-0.05, 0) is 43.0 Å². The van der Waals surface area contributed by atoms with Crippen LogP contribution in [0.2, 0.25) is 0 Å². The third-order valence-electron chi connectivity index (χ3n) is 4.54. The molecule has 1 aromatic carbocycles. The topological polar surface area (TPSA) is 84.9 Å². The van der Waals surface area contributed by atoms with E-state index >= 15 is 0 Å². The summed E-state index contributed by atoms with van der Waals surface area (Å²) in [7, 11) is 1.49. The van der Waals surface area contributed by atoms with Gasteiger partial charge in [-0.3, -0.25) is 4.79 Å². The second-order valence-electron chi connectivity index (χ2n) is 6.49. The van der Waals surface area contributed by atoms with Crippen molar-refractivity contribution in [2.24, 2.45) is 5.92 Å². The van der Waals surface area contributed by atoms with Crippen molar-refractivity contribution in [2.45, 2.75) is 44.6 Å². The van der Waals surface area contributed by atoms with Gasteiger partial charge in [0.15, 0.2) is 0 Å². The Morgan fingerprint density at radius 2 is 1.88 bits per heavy atom. The molecule has 1 fully saturated rings. The lowest BCUT2D eigenvalue weighted by Crippen LogP contribution is -2.41. The molecule has 138 valence electrons. The predicted molar refractivity (Wildman–Crippen MR) is 93.9 cm³/mol. The lowest BCUT2D eigenvalue weighted by molar-refractivity contribution is -0.139. The van der Waals surface area contributed by atoms with Crippen LogP contribution in [-0.4, -0.2) is 43.3 Å². The number of carbonyl (C=O) groups is 2. The molecule has 1 atom stereocenters. The van der Waals surface area contributed by atoms with Gasteiger partial charge in [0.05, 0.1) is 6.61 Å². The molecule has 25 heavy (non-hydrogen) atoms. The quantitative estimate of drug-likeness (QED) is 0.716. The minimum absolute atomic E-state index is 0.222. The van der Waals surface area contributed by atoms with Crippen molar-refractivity contribution in [3.8, 4) is 5.75 Å². The Kier molecular flexibility index (Phi) is 7.73. The van der Waals surface area contributed by atoms with Crippen LogP contribution in [-0.2, 0) is 9.53 Å². The number of carboxylic acids is 1. The fourth-order valence-electron chi connectivity index (χ4n) is 3.01. The molecule has 0 radical (unpaired) electrons. The molecule has 6 nitrogen and oxygen atoms in total. The van der Waals surface area contributed by atoms with Gasteiger partial charge in [0, 0.05) is 25.7 Å². The summed E-state index contributed by atoms with van der Waals surface area (Å²) in [4.78, 5) is 23.4. The summed E-state index contributed by atoms with van der Waals surface area (Å²) in [6, 6.07) is 5.85. The summed E-state index contributed by atoms with van der Waals surface area (Å²) in [5.41, 5.74) is 0.411. The Morgan fingerprint density at radius 3 is 2.48 bits per heavy atom. The lowest BCUT2D eigenvalue weighted by Gasteiger charge is -2.21. The predicted octanol–water partition coefficient (Wildman–Crippen LogP) is 2.87. The van der Waals surface area contributed by atoms with Crippen LogP contribution in [0.5, 0.6) is 5.75 Å². The monoisotopic (exact) mass is 349 g/mol. The molecular formula is C19H27NO5. The van der Waals surface area contributed by atoms with Crippen LogP contribution in [0.4, 0.5) is 0 Å². The summed E-state index contributed by atoms with van der Waals surface area (Å²) in [6.45, 7) is 0.981. The summed E-state index contributed by atoms with van der Waals surface area (Å²) in [5.74, 6) is -0.134. The number of nitrogens with one attached hydrogen (secondary N) is 1. The normalized spacial score (nSPS) is 16.2. The molecular weight excluding hydrogens is 322 g/mol. The van der Waals surface area contributed by atoms with Gasteiger partial charge in [-0.15, -0.1) is 0 Å². The first-order valence-electron chi connectivity index (χ1n) is 8.85. The molecule has 0 spiro atoms. The second kappa shape index (κ2) is 10.0. The van der Waals surface area contributed by atoms with Crippen LogP contribution in [0.15, 0.2) is 24.3 Å². The fraction of sp³-hybridized carbons (Fsp3) is 0.579. The molecule has 0 bridgehead atoms. The molecule has 1 aromatic rings. The first-order chi connectivity index (χ1) is 12.1. The largest absolute Gasteiger partial charge is 0.493 e. The van der Waals surface area contributed by atoms with Crippen LogP contribution < -0.4 is 10.1 Å². The summed E-state index contributed by atoms with van der Waals surface area (Å²) in [5, 5.41) is 11.7. The number of hydrogen-bond donors (Lipinski definition) is 2. The van der Waals surface area contributed by atoms with Gasteiger partial charge >= 0.3 is 5.97 Å². The number of carboxylic acid groups (broad SMARTS) is 1. The average Bonchev–Trinajstić information content (AvgIpc) is 2.64. The van der Waals surface area contributed by atoms with Crippen LogP contribution in [0.1, 0.15) is 48.9 Å². The van der Waals surface area contributed by atoms with E-state index in [4.69, 9.17) is 14.6 Å². The zero-order chi connectivity index (χ0) is 18.1. The number of benzene rings is 1. The van der Waals surface area contributed by atoms with Gasteiger partial charge in [0.1, 0.15) is 11.8 Å². The van der Waals surface area contributed by atoms with Crippen molar-refractivity contribution in [3.05, 3.63) is 29.8 Å². The second-order valence-corrected chi connectivity index (χ2v) is 6.49. The Hall–Kier alpha value is -2.08. The van der Waals surface area contributed by atoms with E-state index < -0.39 is 17.9 Å². The number of amides is 1. The van der Waals surface area contributed by atoms with E-state index in [1.54, 1.807) is 24.3 Å². The summed E-state index contributed by atoms with van der Waals surface area (Å²) < 4.78 is 10.7. The van der Waals surface area contributed by atoms with E-state index in [0.717, 1.165) is 5.75 Å². The van der Waals surface area contributed by atoms with Crippen molar-refractivity contribution in [1.82, 2.24) is 5.32 Å².